The third kappa shape index (κ3) is 3.76. The van der Waals surface area contributed by atoms with E-state index >= 15 is 0 Å². The lowest BCUT2D eigenvalue weighted by Gasteiger charge is -2.36. The minimum absolute atomic E-state index is 0.121. The molecule has 0 bridgehead atoms. The number of likely N-dealkylation sites (tertiary alicyclic amines) is 1. The molecule has 2 aliphatic rings. The van der Waals surface area contributed by atoms with Crippen LogP contribution in [0.2, 0.25) is 0 Å². The van der Waals surface area contributed by atoms with Crippen molar-refractivity contribution in [3.05, 3.63) is 45.7 Å². The summed E-state index contributed by atoms with van der Waals surface area (Å²) in [4.78, 5) is 25.7. The van der Waals surface area contributed by atoms with Gasteiger partial charge in [0.2, 0.25) is 0 Å². The highest BCUT2D eigenvalue weighted by Crippen LogP contribution is 2.38. The molecule has 1 atom stereocenters. The molecule has 2 aromatic heterocycles. The second kappa shape index (κ2) is 7.24. The van der Waals surface area contributed by atoms with Gasteiger partial charge in [-0.3, -0.25) is 4.79 Å². The third-order valence-electron chi connectivity index (χ3n) is 5.36. The number of aromatic nitrogens is 2. The topological polar surface area (TPSA) is 46.1 Å². The van der Waals surface area contributed by atoms with E-state index in [-0.39, 0.29) is 5.91 Å². The smallest absolute Gasteiger partial charge is 0.257 e. The van der Waals surface area contributed by atoms with E-state index in [0.717, 1.165) is 43.7 Å². The van der Waals surface area contributed by atoms with Gasteiger partial charge in [-0.1, -0.05) is 6.07 Å². The summed E-state index contributed by atoms with van der Waals surface area (Å²) in [5, 5.41) is 2.13. The Morgan fingerprint density at radius 3 is 2.92 bits per heavy atom. The van der Waals surface area contributed by atoms with Crippen molar-refractivity contribution in [2.24, 2.45) is 0 Å². The van der Waals surface area contributed by atoms with Gasteiger partial charge < -0.3 is 4.90 Å². The van der Waals surface area contributed by atoms with Crippen LogP contribution < -0.4 is 0 Å². The van der Waals surface area contributed by atoms with E-state index in [9.17, 15) is 4.79 Å². The van der Waals surface area contributed by atoms with Crippen molar-refractivity contribution >= 4 is 17.2 Å². The van der Waals surface area contributed by atoms with Gasteiger partial charge in [0.25, 0.3) is 5.91 Å². The zero-order valence-electron chi connectivity index (χ0n) is 14.8. The summed E-state index contributed by atoms with van der Waals surface area (Å²) < 4.78 is 0. The molecule has 0 aromatic carbocycles. The van der Waals surface area contributed by atoms with E-state index in [0.29, 0.717) is 17.5 Å². The fraction of sp³-hybridized carbons (Fsp3) is 0.550. The van der Waals surface area contributed by atoms with Crippen LogP contribution in [0.3, 0.4) is 0 Å². The van der Waals surface area contributed by atoms with Gasteiger partial charge >= 0.3 is 0 Å². The lowest BCUT2D eigenvalue weighted by molar-refractivity contribution is 0.0600. The first-order valence-electron chi connectivity index (χ1n) is 9.39. The second-order valence-corrected chi connectivity index (χ2v) is 8.30. The predicted octanol–water partition coefficient (Wildman–Crippen LogP) is 4.35. The van der Waals surface area contributed by atoms with Gasteiger partial charge in [0.15, 0.2) is 0 Å². The van der Waals surface area contributed by atoms with Crippen LogP contribution >= 0.6 is 11.3 Å². The highest BCUT2D eigenvalue weighted by atomic mass is 32.1. The van der Waals surface area contributed by atoms with Gasteiger partial charge in [-0.05, 0) is 63.3 Å². The molecule has 1 amide bonds. The van der Waals surface area contributed by atoms with Crippen LogP contribution in [-0.4, -0.2) is 33.4 Å². The van der Waals surface area contributed by atoms with Crippen molar-refractivity contribution in [2.75, 3.05) is 6.54 Å². The summed E-state index contributed by atoms with van der Waals surface area (Å²) in [6, 6.07) is 4.63. The summed E-state index contributed by atoms with van der Waals surface area (Å²) in [5.41, 5.74) is 1.52. The molecule has 3 heterocycles. The highest BCUT2D eigenvalue weighted by Gasteiger charge is 2.30. The average Bonchev–Trinajstić information content (AvgIpc) is 3.36. The minimum atomic E-state index is 0.121. The third-order valence-corrected chi connectivity index (χ3v) is 6.30. The van der Waals surface area contributed by atoms with Gasteiger partial charge in [-0.2, -0.15) is 0 Å². The Balaban J connectivity index is 1.48. The molecule has 1 aliphatic heterocycles. The molecule has 5 heteroatoms. The summed E-state index contributed by atoms with van der Waals surface area (Å²) in [5.74, 6) is 1.56. The number of hydrogen-bond acceptors (Lipinski definition) is 4. The van der Waals surface area contributed by atoms with Crippen molar-refractivity contribution in [2.45, 2.75) is 63.8 Å². The molecule has 2 aromatic rings. The summed E-state index contributed by atoms with van der Waals surface area (Å²) in [7, 11) is 0. The van der Waals surface area contributed by atoms with Crippen LogP contribution in [0.15, 0.2) is 23.7 Å². The van der Waals surface area contributed by atoms with Crippen LogP contribution in [0.1, 0.15) is 71.2 Å². The molecule has 0 unspecified atom stereocenters. The van der Waals surface area contributed by atoms with Crippen LogP contribution in [0, 0.1) is 6.92 Å². The Kier molecular flexibility index (Phi) is 4.84. The number of nitrogens with zero attached hydrogens (tertiary/aromatic N) is 3. The molecule has 0 radical (unpaired) electrons. The molecule has 0 spiro atoms. The predicted molar refractivity (Wildman–Crippen MR) is 100 cm³/mol. The lowest BCUT2D eigenvalue weighted by atomic mass is 9.96. The number of carbonyl (C=O) groups excluding carboxylic acids is 1. The van der Waals surface area contributed by atoms with Gasteiger partial charge in [-0.25, -0.2) is 9.97 Å². The molecule has 2 fully saturated rings. The van der Waals surface area contributed by atoms with E-state index in [2.05, 4.69) is 32.4 Å². The molecule has 25 heavy (non-hydrogen) atoms. The van der Waals surface area contributed by atoms with E-state index in [4.69, 9.17) is 0 Å². The van der Waals surface area contributed by atoms with Crippen LogP contribution in [0.5, 0.6) is 0 Å². The Labute approximate surface area is 153 Å². The van der Waals surface area contributed by atoms with Crippen molar-refractivity contribution < 1.29 is 4.79 Å². The summed E-state index contributed by atoms with van der Waals surface area (Å²) in [6.07, 6.45) is 9.67. The van der Waals surface area contributed by atoms with Crippen molar-refractivity contribution in [1.82, 2.24) is 14.9 Å². The number of piperidine rings is 1. The standard InChI is InChI=1S/C20H25N3OS/c1-14-18(13-21-19(22-14)15-7-8-15)20(24)23-11-3-2-5-16(23)9-10-17-6-4-12-25-17/h4,6,12-13,15-16H,2-3,5,7-11H2,1H3/t16-/m0/s1. The number of thiophene rings is 1. The minimum Gasteiger partial charge on any atom is -0.336 e. The molecule has 0 N–H and O–H groups in total. The van der Waals surface area contributed by atoms with Gasteiger partial charge in [0.1, 0.15) is 5.82 Å². The van der Waals surface area contributed by atoms with Gasteiger partial charge in [0.05, 0.1) is 11.3 Å². The van der Waals surface area contributed by atoms with Crippen molar-refractivity contribution in [1.29, 1.82) is 0 Å². The maximum absolute atomic E-state index is 13.1. The number of carbonyl (C=O) groups is 1. The Hall–Kier alpha value is -1.75. The SMILES string of the molecule is Cc1nc(C2CC2)ncc1C(=O)N1CCCC[C@H]1CCc1cccs1. The quantitative estimate of drug-likeness (QED) is 0.801. The first-order chi connectivity index (χ1) is 12.2. The second-order valence-electron chi connectivity index (χ2n) is 7.27. The molecule has 132 valence electrons. The summed E-state index contributed by atoms with van der Waals surface area (Å²) >= 11 is 1.81. The first kappa shape index (κ1) is 16.7. The maximum Gasteiger partial charge on any atom is 0.257 e. The van der Waals surface area contributed by atoms with E-state index in [1.165, 1.54) is 24.1 Å². The molecular weight excluding hydrogens is 330 g/mol. The van der Waals surface area contributed by atoms with Crippen LogP contribution in [-0.2, 0) is 6.42 Å². The monoisotopic (exact) mass is 355 g/mol. The molecular formula is C20H25N3OS. The van der Waals surface area contributed by atoms with E-state index < -0.39 is 0 Å². The number of amides is 1. The van der Waals surface area contributed by atoms with E-state index in [1.54, 1.807) is 17.5 Å². The van der Waals surface area contributed by atoms with Crippen LogP contribution in [0.4, 0.5) is 0 Å². The normalized spacial score (nSPS) is 20.7. The zero-order valence-corrected chi connectivity index (χ0v) is 15.6. The van der Waals surface area contributed by atoms with E-state index in [1.807, 2.05) is 6.92 Å². The van der Waals surface area contributed by atoms with Gasteiger partial charge in [-0.15, -0.1) is 11.3 Å². The van der Waals surface area contributed by atoms with Crippen molar-refractivity contribution in [3.8, 4) is 0 Å². The lowest BCUT2D eigenvalue weighted by Crippen LogP contribution is -2.44. The fourth-order valence-corrected chi connectivity index (χ4v) is 4.44. The van der Waals surface area contributed by atoms with Crippen LogP contribution in [0.25, 0.3) is 0 Å². The molecule has 4 rings (SSSR count). The molecule has 1 aliphatic carbocycles. The first-order valence-corrected chi connectivity index (χ1v) is 10.3. The average molecular weight is 356 g/mol. The largest absolute Gasteiger partial charge is 0.336 e. The number of rotatable bonds is 5. The van der Waals surface area contributed by atoms with Gasteiger partial charge in [0, 0.05) is 29.6 Å². The Morgan fingerprint density at radius 1 is 1.32 bits per heavy atom. The summed E-state index contributed by atoms with van der Waals surface area (Å²) in [6.45, 7) is 2.81. The number of hydrogen-bond donors (Lipinski definition) is 0. The maximum atomic E-state index is 13.1. The Bertz CT molecular complexity index is 739. The molecule has 1 saturated heterocycles. The zero-order chi connectivity index (χ0) is 17.2. The van der Waals surface area contributed by atoms with Crippen molar-refractivity contribution in [3.63, 3.8) is 0 Å². The Morgan fingerprint density at radius 2 is 2.20 bits per heavy atom. The number of aryl methyl sites for hydroxylation is 2. The highest BCUT2D eigenvalue weighted by molar-refractivity contribution is 7.09. The molecule has 4 nitrogen and oxygen atoms in total. The molecule has 1 saturated carbocycles. The fourth-order valence-electron chi connectivity index (χ4n) is 3.72.